The van der Waals surface area contributed by atoms with Gasteiger partial charge >= 0.3 is 6.55 Å². The van der Waals surface area contributed by atoms with Crippen LogP contribution in [0, 0.1) is 11.0 Å². The molecule has 1 atom stereocenters. The second-order valence-electron chi connectivity index (χ2n) is 9.36. The summed E-state index contributed by atoms with van der Waals surface area (Å²) in [6, 6.07) is 6.49. The second-order valence-corrected chi connectivity index (χ2v) is 9.77. The van der Waals surface area contributed by atoms with Crippen LogP contribution in [0.4, 0.5) is 13.2 Å². The maximum Gasteiger partial charge on any atom is 0.333 e. The molecule has 1 N–H and O–H groups in total. The average molecular weight is 560 g/mol. The number of rotatable bonds is 8. The van der Waals surface area contributed by atoms with Gasteiger partial charge in [0.25, 0.3) is 0 Å². The van der Waals surface area contributed by atoms with E-state index in [2.05, 4.69) is 25.7 Å². The largest absolute Gasteiger partial charge is 0.618 e. The Morgan fingerprint density at radius 2 is 1.92 bits per heavy atom. The van der Waals surface area contributed by atoms with Crippen LogP contribution in [0.25, 0.3) is 28.1 Å². The summed E-state index contributed by atoms with van der Waals surface area (Å²) < 4.78 is 45.7. The van der Waals surface area contributed by atoms with Crippen LogP contribution in [0.3, 0.4) is 0 Å². The smallest absolute Gasteiger partial charge is 0.333 e. The molecule has 11 nitrogen and oxygen atoms in total. The Bertz CT molecular complexity index is 1610. The van der Waals surface area contributed by atoms with E-state index in [-0.39, 0.29) is 39.6 Å². The molecule has 4 heterocycles. The van der Waals surface area contributed by atoms with Crippen LogP contribution in [-0.2, 0) is 0 Å². The van der Waals surface area contributed by atoms with Gasteiger partial charge in [0.1, 0.15) is 12.4 Å². The number of hydrogen-bond acceptors (Lipinski definition) is 7. The fourth-order valence-electron chi connectivity index (χ4n) is 4.32. The number of tetrazole rings is 1. The third-order valence-electron chi connectivity index (χ3n) is 6.01. The van der Waals surface area contributed by atoms with Gasteiger partial charge in [0, 0.05) is 30.4 Å². The minimum Gasteiger partial charge on any atom is -0.618 e. The van der Waals surface area contributed by atoms with Crippen LogP contribution in [0.1, 0.15) is 38.6 Å². The third kappa shape index (κ3) is 5.20. The fourth-order valence-corrected chi connectivity index (χ4v) is 4.48. The van der Waals surface area contributed by atoms with Gasteiger partial charge in [-0.25, -0.2) is 9.07 Å². The number of hydrogen-bond donors (Lipinski definition) is 1. The van der Waals surface area contributed by atoms with Gasteiger partial charge in [-0.1, -0.05) is 11.6 Å². The molecule has 0 aliphatic heterocycles. The number of aromatic nitrogens is 9. The Labute approximate surface area is 224 Å². The van der Waals surface area contributed by atoms with Crippen molar-refractivity contribution in [3.8, 4) is 28.1 Å². The zero-order valence-electron chi connectivity index (χ0n) is 20.5. The lowest BCUT2D eigenvalue weighted by molar-refractivity contribution is -0.615. The normalized spacial score (nSPS) is 12.8. The molecule has 0 aliphatic rings. The Morgan fingerprint density at radius 3 is 2.59 bits per heavy atom. The minimum absolute atomic E-state index is 0.00613. The maximum absolute atomic E-state index is 15.2. The van der Waals surface area contributed by atoms with Gasteiger partial charge in [-0.3, -0.25) is 4.68 Å². The summed E-state index contributed by atoms with van der Waals surface area (Å²) in [6.45, 7) is 0.283. The molecule has 202 valence electrons. The van der Waals surface area contributed by atoms with Gasteiger partial charge in [0.15, 0.2) is 12.0 Å². The molecule has 0 aliphatic carbocycles. The van der Waals surface area contributed by atoms with Gasteiger partial charge in [0.2, 0.25) is 5.69 Å². The first-order chi connectivity index (χ1) is 18.5. The molecule has 5 aromatic rings. The van der Waals surface area contributed by atoms with Crippen molar-refractivity contribution in [1.29, 1.82) is 0 Å². The zero-order valence-corrected chi connectivity index (χ0v) is 21.3. The molecule has 0 amide bonds. The van der Waals surface area contributed by atoms with E-state index < -0.39 is 24.0 Å². The molecule has 15 heteroatoms. The highest BCUT2D eigenvalue weighted by molar-refractivity contribution is 6.31. The highest BCUT2D eigenvalue weighted by Gasteiger charge is 2.31. The van der Waals surface area contributed by atoms with E-state index in [1.807, 2.05) is 0 Å². The number of nitrogens with zero attached hydrogens (tertiary/aromatic N) is 9. The Hall–Kier alpha value is -4.30. The molecule has 5 rings (SSSR count). The molecule has 0 radical (unpaired) electrons. The van der Waals surface area contributed by atoms with E-state index >= 15 is 4.39 Å². The van der Waals surface area contributed by atoms with Gasteiger partial charge in [0.05, 0.1) is 39.3 Å². The Balaban J connectivity index is 1.58. The van der Waals surface area contributed by atoms with E-state index in [9.17, 15) is 19.1 Å². The van der Waals surface area contributed by atoms with Crippen LogP contribution in [0.2, 0.25) is 5.02 Å². The van der Waals surface area contributed by atoms with Crippen molar-refractivity contribution in [3.63, 3.8) is 0 Å². The predicted molar refractivity (Wildman–Crippen MR) is 132 cm³/mol. The van der Waals surface area contributed by atoms with Crippen LogP contribution < -0.4 is 4.73 Å². The van der Waals surface area contributed by atoms with Gasteiger partial charge in [-0.15, -0.1) is 5.10 Å². The molecule has 4 aromatic heterocycles. The first kappa shape index (κ1) is 26.3. The van der Waals surface area contributed by atoms with Crippen LogP contribution in [0.5, 0.6) is 0 Å². The quantitative estimate of drug-likeness (QED) is 0.225. The summed E-state index contributed by atoms with van der Waals surface area (Å²) in [4.78, 5) is 0. The van der Waals surface area contributed by atoms with E-state index in [1.54, 1.807) is 13.8 Å². The number of pyridine rings is 1. The summed E-state index contributed by atoms with van der Waals surface area (Å²) in [6.07, 6.45) is 6.61. The fraction of sp³-hybridized carbons (Fsp3) is 0.250. The van der Waals surface area contributed by atoms with Crippen molar-refractivity contribution in [2.45, 2.75) is 38.5 Å². The Kier molecular flexibility index (Phi) is 6.82. The lowest BCUT2D eigenvalue weighted by Gasteiger charge is -2.24. The molecular formula is C24H21ClF3N9O2. The number of halogens is 4. The van der Waals surface area contributed by atoms with Crippen molar-refractivity contribution < 1.29 is 23.0 Å². The lowest BCUT2D eigenvalue weighted by Crippen LogP contribution is -2.38. The SMILES string of the molecule is CC(C)(O)C[C@H](c1ccc(-c2c(-n3cnnn3)ccc(Cl)c2F)c[n+]1[O-])n1cc(-c2ccnn2C(F)F)cn1. The van der Waals surface area contributed by atoms with Crippen molar-refractivity contribution in [2.24, 2.45) is 0 Å². The van der Waals surface area contributed by atoms with Crippen molar-refractivity contribution in [1.82, 2.24) is 39.8 Å². The first-order valence-corrected chi connectivity index (χ1v) is 11.9. The van der Waals surface area contributed by atoms with Crippen molar-refractivity contribution in [3.05, 3.63) is 83.2 Å². The Morgan fingerprint density at radius 1 is 1.13 bits per heavy atom. The van der Waals surface area contributed by atoms with Crippen molar-refractivity contribution in [2.75, 3.05) is 0 Å². The maximum atomic E-state index is 15.2. The van der Waals surface area contributed by atoms with Gasteiger partial charge in [-0.05, 0) is 48.5 Å². The summed E-state index contributed by atoms with van der Waals surface area (Å²) in [7, 11) is 0. The van der Waals surface area contributed by atoms with E-state index in [0.717, 1.165) is 0 Å². The first-order valence-electron chi connectivity index (χ1n) is 11.6. The average Bonchev–Trinajstić information content (AvgIpc) is 3.65. The summed E-state index contributed by atoms with van der Waals surface area (Å²) in [5.41, 5.74) is -0.126. The molecule has 0 saturated carbocycles. The summed E-state index contributed by atoms with van der Waals surface area (Å²) in [5, 5.41) is 42.7. The number of aliphatic hydroxyl groups is 1. The zero-order chi connectivity index (χ0) is 27.9. The highest BCUT2D eigenvalue weighted by Crippen LogP contribution is 2.34. The van der Waals surface area contributed by atoms with Gasteiger partial charge < -0.3 is 10.3 Å². The van der Waals surface area contributed by atoms with Crippen molar-refractivity contribution >= 4 is 11.6 Å². The topological polar surface area (TPSA) is 126 Å². The second kappa shape index (κ2) is 10.1. The molecule has 0 bridgehead atoms. The lowest BCUT2D eigenvalue weighted by atomic mass is 9.96. The predicted octanol–water partition coefficient (Wildman–Crippen LogP) is 3.96. The monoisotopic (exact) mass is 559 g/mol. The van der Waals surface area contributed by atoms with Crippen LogP contribution >= 0.6 is 11.6 Å². The van der Waals surface area contributed by atoms with E-state index in [0.29, 0.717) is 15.0 Å². The number of alkyl halides is 2. The van der Waals surface area contributed by atoms with Crippen LogP contribution in [-0.4, -0.2) is 50.5 Å². The standard InChI is InChI=1S/C24H21ClF3N9O2/c1-24(2,38)9-20(34-11-15(10-31-34)17-7-8-30-37(17)23(27)28)18-5-3-14(12-36(18)39)21-19(35-13-29-32-33-35)6-4-16(25)22(21)26/h3-8,10-13,20,23,38H,9H2,1-2H3/t20-/m1/s1. The molecule has 0 saturated heterocycles. The highest BCUT2D eigenvalue weighted by atomic mass is 35.5. The number of benzene rings is 1. The summed E-state index contributed by atoms with van der Waals surface area (Å²) in [5.74, 6) is -0.766. The summed E-state index contributed by atoms with van der Waals surface area (Å²) >= 11 is 6.03. The molecule has 0 unspecified atom stereocenters. The molecule has 0 spiro atoms. The van der Waals surface area contributed by atoms with E-state index in [1.165, 1.54) is 70.8 Å². The van der Waals surface area contributed by atoms with Crippen LogP contribution in [0.15, 0.2) is 61.4 Å². The molecule has 39 heavy (non-hydrogen) atoms. The third-order valence-corrected chi connectivity index (χ3v) is 6.30. The molecular weight excluding hydrogens is 539 g/mol. The van der Waals surface area contributed by atoms with E-state index in [4.69, 9.17) is 11.6 Å². The molecule has 0 fully saturated rings. The minimum atomic E-state index is -2.85. The molecule has 1 aromatic carbocycles. The van der Waals surface area contributed by atoms with Gasteiger partial charge in [-0.2, -0.15) is 28.4 Å².